The van der Waals surface area contributed by atoms with Gasteiger partial charge in [0.2, 0.25) is 0 Å². The van der Waals surface area contributed by atoms with E-state index in [0.29, 0.717) is 11.3 Å². The first-order chi connectivity index (χ1) is 10.5. The topological polar surface area (TPSA) is 63.2 Å². The van der Waals surface area contributed by atoms with Gasteiger partial charge in [-0.2, -0.15) is 0 Å². The number of nitrogens with one attached hydrogen (secondary N) is 1. The molecule has 0 saturated heterocycles. The van der Waals surface area contributed by atoms with Crippen molar-refractivity contribution >= 4 is 27.0 Å². The predicted octanol–water partition coefficient (Wildman–Crippen LogP) is 2.73. The van der Waals surface area contributed by atoms with Gasteiger partial charge in [0.1, 0.15) is 5.82 Å². The molecule has 1 heterocycles. The Bertz CT molecular complexity index is 888. The van der Waals surface area contributed by atoms with Crippen LogP contribution in [0.25, 0.3) is 5.57 Å². The molecular formula is C16H12FNO3S. The van der Waals surface area contributed by atoms with E-state index in [1.807, 2.05) is 0 Å². The van der Waals surface area contributed by atoms with Crippen molar-refractivity contribution in [3.05, 3.63) is 70.9 Å². The number of amides is 1. The molecule has 1 aliphatic heterocycles. The molecule has 0 atom stereocenters. The number of para-hydroxylation sites is 1. The largest absolute Gasteiger partial charge is 0.321 e. The standard InChI is InChI=1S/C16H12FNO3S/c17-14-7-3-1-5-11(14)9-22(20,21)10-13-12-6-2-4-8-15(12)18-16(13)19/h1-8,10H,9H2,(H,18,19). The Hall–Kier alpha value is -2.47. The molecule has 0 aromatic heterocycles. The fourth-order valence-corrected chi connectivity index (χ4v) is 3.65. The van der Waals surface area contributed by atoms with Gasteiger partial charge in [0, 0.05) is 22.2 Å². The van der Waals surface area contributed by atoms with E-state index in [0.717, 1.165) is 5.41 Å². The summed E-state index contributed by atoms with van der Waals surface area (Å²) in [5.41, 5.74) is 1.25. The van der Waals surface area contributed by atoms with Crippen LogP contribution in [0.4, 0.5) is 10.1 Å². The highest BCUT2D eigenvalue weighted by Gasteiger charge is 2.26. The molecule has 1 amide bonds. The van der Waals surface area contributed by atoms with Gasteiger partial charge in [-0.3, -0.25) is 4.79 Å². The molecule has 0 spiro atoms. The van der Waals surface area contributed by atoms with Crippen LogP contribution in [0.5, 0.6) is 0 Å². The summed E-state index contributed by atoms with van der Waals surface area (Å²) in [5, 5.41) is 3.52. The molecule has 22 heavy (non-hydrogen) atoms. The van der Waals surface area contributed by atoms with E-state index in [4.69, 9.17) is 0 Å². The molecular weight excluding hydrogens is 305 g/mol. The first-order valence-corrected chi connectivity index (χ1v) is 8.26. The van der Waals surface area contributed by atoms with Crippen molar-refractivity contribution < 1.29 is 17.6 Å². The molecule has 4 nitrogen and oxygen atoms in total. The number of fused-ring (bicyclic) bond motifs is 1. The minimum Gasteiger partial charge on any atom is -0.321 e. The Balaban J connectivity index is 1.98. The van der Waals surface area contributed by atoms with E-state index in [1.54, 1.807) is 30.3 Å². The third kappa shape index (κ3) is 2.78. The fourth-order valence-electron chi connectivity index (χ4n) is 2.31. The molecule has 3 rings (SSSR count). The number of benzene rings is 2. The maximum absolute atomic E-state index is 13.6. The van der Waals surface area contributed by atoms with Crippen LogP contribution in [0.3, 0.4) is 0 Å². The molecule has 2 aromatic carbocycles. The second-order valence-corrected chi connectivity index (χ2v) is 6.78. The minimum absolute atomic E-state index is 0.0750. The van der Waals surface area contributed by atoms with Gasteiger partial charge in [0.15, 0.2) is 9.84 Å². The van der Waals surface area contributed by atoms with Crippen molar-refractivity contribution in [3.63, 3.8) is 0 Å². The Morgan fingerprint density at radius 1 is 1.05 bits per heavy atom. The lowest BCUT2D eigenvalue weighted by atomic mass is 10.1. The lowest BCUT2D eigenvalue weighted by molar-refractivity contribution is -0.110. The van der Waals surface area contributed by atoms with Crippen LogP contribution in [0.1, 0.15) is 11.1 Å². The highest BCUT2D eigenvalue weighted by Crippen LogP contribution is 2.32. The van der Waals surface area contributed by atoms with Crippen LogP contribution in [0.2, 0.25) is 0 Å². The van der Waals surface area contributed by atoms with E-state index in [1.165, 1.54) is 18.2 Å². The molecule has 0 radical (unpaired) electrons. The average molecular weight is 317 g/mol. The highest BCUT2D eigenvalue weighted by atomic mass is 32.2. The second kappa shape index (κ2) is 5.38. The minimum atomic E-state index is -3.78. The first-order valence-electron chi connectivity index (χ1n) is 6.55. The van der Waals surface area contributed by atoms with E-state index < -0.39 is 27.3 Å². The molecule has 0 aliphatic carbocycles. The number of hydrogen-bond donors (Lipinski definition) is 1. The lowest BCUT2D eigenvalue weighted by Gasteiger charge is -2.03. The van der Waals surface area contributed by atoms with Gasteiger partial charge in [0.25, 0.3) is 5.91 Å². The lowest BCUT2D eigenvalue weighted by Crippen LogP contribution is -2.08. The second-order valence-electron chi connectivity index (χ2n) is 4.93. The maximum atomic E-state index is 13.6. The molecule has 2 aromatic rings. The summed E-state index contributed by atoms with van der Waals surface area (Å²) < 4.78 is 38.1. The number of carbonyl (C=O) groups is 1. The SMILES string of the molecule is O=C1Nc2ccccc2C1=CS(=O)(=O)Cc1ccccc1F. The smallest absolute Gasteiger partial charge is 0.257 e. The Morgan fingerprint density at radius 2 is 1.73 bits per heavy atom. The number of hydrogen-bond acceptors (Lipinski definition) is 3. The Kier molecular flexibility index (Phi) is 3.54. The van der Waals surface area contributed by atoms with Crippen LogP contribution in [0.15, 0.2) is 53.9 Å². The van der Waals surface area contributed by atoms with E-state index >= 15 is 0 Å². The van der Waals surface area contributed by atoms with Crippen molar-refractivity contribution in [2.24, 2.45) is 0 Å². The third-order valence-electron chi connectivity index (χ3n) is 3.32. The maximum Gasteiger partial charge on any atom is 0.257 e. The summed E-state index contributed by atoms with van der Waals surface area (Å²) in [6.07, 6.45) is 0. The van der Waals surface area contributed by atoms with Crippen molar-refractivity contribution in [1.29, 1.82) is 0 Å². The van der Waals surface area contributed by atoms with Gasteiger partial charge in [-0.25, -0.2) is 12.8 Å². The summed E-state index contributed by atoms with van der Waals surface area (Å²) >= 11 is 0. The van der Waals surface area contributed by atoms with Crippen LogP contribution in [0, 0.1) is 5.82 Å². The van der Waals surface area contributed by atoms with Crippen molar-refractivity contribution in [2.75, 3.05) is 5.32 Å². The van der Waals surface area contributed by atoms with Gasteiger partial charge >= 0.3 is 0 Å². The van der Waals surface area contributed by atoms with Crippen LogP contribution in [-0.4, -0.2) is 14.3 Å². The number of sulfone groups is 1. The molecule has 0 unspecified atom stereocenters. The highest BCUT2D eigenvalue weighted by molar-refractivity contribution is 7.93. The van der Waals surface area contributed by atoms with Gasteiger partial charge < -0.3 is 5.32 Å². The fraction of sp³-hybridized carbons (Fsp3) is 0.0625. The number of rotatable bonds is 3. The van der Waals surface area contributed by atoms with E-state index in [2.05, 4.69) is 5.32 Å². The quantitative estimate of drug-likeness (QED) is 0.885. The van der Waals surface area contributed by atoms with Gasteiger partial charge in [-0.1, -0.05) is 36.4 Å². The summed E-state index contributed by atoms with van der Waals surface area (Å²) in [6.45, 7) is 0. The van der Waals surface area contributed by atoms with Crippen molar-refractivity contribution in [3.8, 4) is 0 Å². The van der Waals surface area contributed by atoms with Gasteiger partial charge in [0.05, 0.1) is 11.3 Å². The molecule has 0 fully saturated rings. The number of halogens is 1. The Labute approximate surface area is 127 Å². The summed E-state index contributed by atoms with van der Waals surface area (Å²) in [5.74, 6) is -1.54. The normalized spacial score (nSPS) is 15.7. The number of carbonyl (C=O) groups excluding carboxylic acids is 1. The summed E-state index contributed by atoms with van der Waals surface area (Å²) in [6, 6.07) is 12.5. The molecule has 1 aliphatic rings. The van der Waals surface area contributed by atoms with E-state index in [-0.39, 0.29) is 11.1 Å². The van der Waals surface area contributed by atoms with E-state index in [9.17, 15) is 17.6 Å². The molecule has 0 bridgehead atoms. The van der Waals surface area contributed by atoms with Crippen LogP contribution < -0.4 is 5.32 Å². The van der Waals surface area contributed by atoms with Gasteiger partial charge in [-0.15, -0.1) is 0 Å². The average Bonchev–Trinajstić information content (AvgIpc) is 2.77. The molecule has 0 saturated carbocycles. The summed E-state index contributed by atoms with van der Waals surface area (Å²) in [4.78, 5) is 11.9. The number of anilines is 1. The zero-order valence-electron chi connectivity index (χ0n) is 11.4. The van der Waals surface area contributed by atoms with Crippen LogP contribution in [-0.2, 0) is 20.4 Å². The predicted molar refractivity (Wildman–Crippen MR) is 82.1 cm³/mol. The molecule has 6 heteroatoms. The van der Waals surface area contributed by atoms with Crippen molar-refractivity contribution in [2.45, 2.75) is 5.75 Å². The zero-order valence-corrected chi connectivity index (χ0v) is 12.2. The zero-order chi connectivity index (χ0) is 15.7. The monoisotopic (exact) mass is 317 g/mol. The van der Waals surface area contributed by atoms with Crippen LogP contribution >= 0.6 is 0 Å². The first kappa shape index (κ1) is 14.5. The molecule has 1 N–H and O–H groups in total. The Morgan fingerprint density at radius 3 is 2.50 bits per heavy atom. The van der Waals surface area contributed by atoms with Crippen molar-refractivity contribution in [1.82, 2.24) is 0 Å². The summed E-state index contributed by atoms with van der Waals surface area (Å²) in [7, 11) is -3.78. The van der Waals surface area contributed by atoms with Gasteiger partial charge in [-0.05, 0) is 12.1 Å². The molecule has 112 valence electrons. The third-order valence-corrected chi connectivity index (χ3v) is 4.63.